The minimum Gasteiger partial charge on any atom is -0.361 e. The fraction of sp³-hybridized carbons (Fsp3) is 0.444. The molecule has 1 saturated heterocycles. The molecular formula is C18H22N4O5S2. The van der Waals surface area contributed by atoms with Gasteiger partial charge in [-0.25, -0.2) is 13.4 Å². The van der Waals surface area contributed by atoms with Crippen LogP contribution in [0.2, 0.25) is 0 Å². The predicted octanol–water partition coefficient (Wildman–Crippen LogP) is 1.56. The van der Waals surface area contributed by atoms with Crippen molar-refractivity contribution in [3.05, 3.63) is 40.9 Å². The maximum atomic E-state index is 12.5. The van der Waals surface area contributed by atoms with E-state index in [4.69, 9.17) is 4.52 Å². The highest BCUT2D eigenvalue weighted by atomic mass is 32.2. The molecule has 0 aromatic carbocycles. The van der Waals surface area contributed by atoms with Gasteiger partial charge >= 0.3 is 0 Å². The average Bonchev–Trinajstić information content (AvgIpc) is 3.19. The van der Waals surface area contributed by atoms with E-state index >= 15 is 0 Å². The van der Waals surface area contributed by atoms with Crippen molar-refractivity contribution in [1.29, 1.82) is 0 Å². The van der Waals surface area contributed by atoms with Gasteiger partial charge in [-0.1, -0.05) is 5.16 Å². The molecule has 3 heterocycles. The summed E-state index contributed by atoms with van der Waals surface area (Å²) < 4.78 is 28.1. The molecule has 156 valence electrons. The van der Waals surface area contributed by atoms with Crippen LogP contribution in [0.4, 0.5) is 0 Å². The Kier molecular flexibility index (Phi) is 6.58. The summed E-state index contributed by atoms with van der Waals surface area (Å²) in [5.41, 5.74) is 6.80. The molecule has 0 aliphatic carbocycles. The number of thioether (sulfide) groups is 1. The number of hydrazine groups is 1. The lowest BCUT2D eigenvalue weighted by molar-refractivity contribution is -0.122. The molecule has 2 N–H and O–H groups in total. The van der Waals surface area contributed by atoms with Crippen LogP contribution in [0.15, 0.2) is 27.9 Å². The van der Waals surface area contributed by atoms with E-state index in [1.54, 1.807) is 18.3 Å². The summed E-state index contributed by atoms with van der Waals surface area (Å²) in [7, 11) is -3.04. The summed E-state index contributed by atoms with van der Waals surface area (Å²) in [5.74, 6) is 0.259. The van der Waals surface area contributed by atoms with Gasteiger partial charge in [-0.2, -0.15) is 0 Å². The zero-order chi connectivity index (χ0) is 21.0. The van der Waals surface area contributed by atoms with E-state index in [9.17, 15) is 18.0 Å². The van der Waals surface area contributed by atoms with Crippen molar-refractivity contribution in [1.82, 2.24) is 21.0 Å². The first-order valence-corrected chi connectivity index (χ1v) is 11.8. The highest BCUT2D eigenvalue weighted by Gasteiger charge is 2.29. The molecule has 1 atom stereocenters. The van der Waals surface area contributed by atoms with Gasteiger partial charge in [-0.05, 0) is 38.3 Å². The zero-order valence-electron chi connectivity index (χ0n) is 16.1. The molecule has 11 heteroatoms. The third-order valence-corrected chi connectivity index (χ3v) is 7.54. The number of nitrogens with one attached hydrogen (secondary N) is 2. The summed E-state index contributed by atoms with van der Waals surface area (Å²) in [6, 6.07) is 3.26. The van der Waals surface area contributed by atoms with Gasteiger partial charge in [0.2, 0.25) is 5.91 Å². The standard InChI is InChI=1S/C18H22N4O5S2/c1-11-15(12(2)27-22-11)9-28-18-14(4-3-6-19-18)17(24)21-20-16(23)8-13-5-7-29(25,26)10-13/h3-4,6,13H,5,7-10H2,1-2H3,(H,20,23)(H,21,24). The molecule has 0 bridgehead atoms. The molecule has 1 aliphatic rings. The van der Waals surface area contributed by atoms with Crippen LogP contribution < -0.4 is 10.9 Å². The number of carbonyl (C=O) groups excluding carboxylic acids is 2. The molecule has 3 rings (SSSR count). The topological polar surface area (TPSA) is 131 Å². The minimum atomic E-state index is -3.04. The molecular weight excluding hydrogens is 416 g/mol. The molecule has 2 aromatic heterocycles. The van der Waals surface area contributed by atoms with Crippen LogP contribution >= 0.6 is 11.8 Å². The zero-order valence-corrected chi connectivity index (χ0v) is 17.7. The number of aryl methyl sites for hydroxylation is 2. The average molecular weight is 439 g/mol. The number of carbonyl (C=O) groups is 2. The fourth-order valence-corrected chi connectivity index (χ4v) is 6.07. The van der Waals surface area contributed by atoms with E-state index < -0.39 is 21.7 Å². The lowest BCUT2D eigenvalue weighted by atomic mass is 10.1. The molecule has 1 unspecified atom stereocenters. The van der Waals surface area contributed by atoms with Crippen LogP contribution in [0.1, 0.15) is 40.2 Å². The maximum Gasteiger partial charge on any atom is 0.272 e. The second kappa shape index (κ2) is 8.95. The Hall–Kier alpha value is -2.40. The maximum absolute atomic E-state index is 12.5. The Morgan fingerprint density at radius 3 is 2.76 bits per heavy atom. The van der Waals surface area contributed by atoms with Crippen molar-refractivity contribution in [2.24, 2.45) is 5.92 Å². The summed E-state index contributed by atoms with van der Waals surface area (Å²) in [6.45, 7) is 3.68. The molecule has 1 fully saturated rings. The Morgan fingerprint density at radius 1 is 1.31 bits per heavy atom. The number of amides is 2. The summed E-state index contributed by atoms with van der Waals surface area (Å²) in [5, 5.41) is 4.43. The first kappa shape index (κ1) is 21.3. The first-order valence-electron chi connectivity index (χ1n) is 9.04. The van der Waals surface area contributed by atoms with Crippen LogP contribution in [0.5, 0.6) is 0 Å². The smallest absolute Gasteiger partial charge is 0.272 e. The molecule has 0 saturated carbocycles. The van der Waals surface area contributed by atoms with Crippen molar-refractivity contribution in [3.63, 3.8) is 0 Å². The number of sulfone groups is 1. The van der Waals surface area contributed by atoms with E-state index in [0.717, 1.165) is 17.0 Å². The second-order valence-electron chi connectivity index (χ2n) is 6.92. The van der Waals surface area contributed by atoms with Crippen LogP contribution in [0, 0.1) is 19.8 Å². The first-order chi connectivity index (χ1) is 13.7. The number of nitrogens with zero attached hydrogens (tertiary/aromatic N) is 2. The molecule has 9 nitrogen and oxygen atoms in total. The van der Waals surface area contributed by atoms with Crippen molar-refractivity contribution < 1.29 is 22.5 Å². The molecule has 2 aromatic rings. The van der Waals surface area contributed by atoms with Gasteiger partial charge in [0.1, 0.15) is 10.8 Å². The molecule has 2 amide bonds. The number of hydrogen-bond acceptors (Lipinski definition) is 8. The molecule has 1 aliphatic heterocycles. The SMILES string of the molecule is Cc1noc(C)c1CSc1ncccc1C(=O)NNC(=O)CC1CCS(=O)(=O)C1. The molecule has 29 heavy (non-hydrogen) atoms. The van der Waals surface area contributed by atoms with Gasteiger partial charge in [0, 0.05) is 23.9 Å². The third-order valence-electron chi connectivity index (χ3n) is 4.67. The number of hydrogen-bond donors (Lipinski definition) is 2. The Labute approximate surface area is 172 Å². The number of aromatic nitrogens is 2. The van der Waals surface area contributed by atoms with Crippen LogP contribution in [0.3, 0.4) is 0 Å². The van der Waals surface area contributed by atoms with Gasteiger partial charge in [0.05, 0.1) is 22.8 Å². The highest BCUT2D eigenvalue weighted by Crippen LogP contribution is 2.27. The Balaban J connectivity index is 1.56. The van der Waals surface area contributed by atoms with Crippen LogP contribution in [0.25, 0.3) is 0 Å². The van der Waals surface area contributed by atoms with E-state index in [0.29, 0.717) is 22.8 Å². The number of rotatable bonds is 6. The largest absolute Gasteiger partial charge is 0.361 e. The molecule has 0 radical (unpaired) electrons. The van der Waals surface area contributed by atoms with Gasteiger partial charge < -0.3 is 4.52 Å². The van der Waals surface area contributed by atoms with Crippen molar-refractivity contribution in [2.75, 3.05) is 11.5 Å². The Bertz CT molecular complexity index is 1000. The third kappa shape index (κ3) is 5.57. The normalized spacial score (nSPS) is 17.8. The number of pyridine rings is 1. The second-order valence-corrected chi connectivity index (χ2v) is 10.1. The summed E-state index contributed by atoms with van der Waals surface area (Å²) in [4.78, 5) is 28.8. The van der Waals surface area contributed by atoms with Crippen molar-refractivity contribution >= 4 is 33.4 Å². The van der Waals surface area contributed by atoms with E-state index in [1.807, 2.05) is 13.8 Å². The van der Waals surface area contributed by atoms with Gasteiger partial charge in [0.15, 0.2) is 9.84 Å². The summed E-state index contributed by atoms with van der Waals surface area (Å²) in [6.07, 6.45) is 2.11. The van der Waals surface area contributed by atoms with Crippen LogP contribution in [-0.2, 0) is 20.4 Å². The highest BCUT2D eigenvalue weighted by molar-refractivity contribution is 7.98. The lowest BCUT2D eigenvalue weighted by Crippen LogP contribution is -2.42. The fourth-order valence-electron chi connectivity index (χ4n) is 3.07. The van der Waals surface area contributed by atoms with Gasteiger partial charge in [-0.3, -0.25) is 20.4 Å². The quantitative estimate of drug-likeness (QED) is 0.513. The van der Waals surface area contributed by atoms with Crippen molar-refractivity contribution in [2.45, 2.75) is 37.5 Å². The summed E-state index contributed by atoms with van der Waals surface area (Å²) >= 11 is 1.37. The predicted molar refractivity (Wildman–Crippen MR) is 107 cm³/mol. The van der Waals surface area contributed by atoms with Crippen molar-refractivity contribution in [3.8, 4) is 0 Å². The van der Waals surface area contributed by atoms with Crippen LogP contribution in [-0.4, -0.2) is 41.9 Å². The van der Waals surface area contributed by atoms with Gasteiger partial charge in [-0.15, -0.1) is 11.8 Å². The molecule has 0 spiro atoms. The van der Waals surface area contributed by atoms with Gasteiger partial charge in [0.25, 0.3) is 5.91 Å². The van der Waals surface area contributed by atoms with E-state index in [1.165, 1.54) is 11.8 Å². The van der Waals surface area contributed by atoms with E-state index in [2.05, 4.69) is 21.0 Å². The monoisotopic (exact) mass is 438 g/mol. The minimum absolute atomic E-state index is 0.0134. The van der Waals surface area contributed by atoms with E-state index in [-0.39, 0.29) is 23.8 Å². The Morgan fingerprint density at radius 2 is 2.10 bits per heavy atom. The lowest BCUT2D eigenvalue weighted by Gasteiger charge is -2.11.